The van der Waals surface area contributed by atoms with Crippen molar-refractivity contribution in [2.24, 2.45) is 0 Å². The van der Waals surface area contributed by atoms with Crippen LogP contribution in [0.5, 0.6) is 0 Å². The molecule has 0 spiro atoms. The zero-order valence-corrected chi connectivity index (χ0v) is 10.2. The maximum absolute atomic E-state index is 11.1. The number of rotatable bonds is 2. The minimum absolute atomic E-state index is 0.0351. The monoisotopic (exact) mass is 327 g/mol. The van der Waals surface area contributed by atoms with Gasteiger partial charge in [0.1, 0.15) is 0 Å². The first-order valence-corrected chi connectivity index (χ1v) is 5.46. The van der Waals surface area contributed by atoms with E-state index in [1.165, 1.54) is 7.11 Å². The quantitative estimate of drug-likeness (QED) is 0.505. The van der Waals surface area contributed by atoms with Crippen molar-refractivity contribution < 1.29 is 9.53 Å². The Bertz CT molecular complexity index is 372. The lowest BCUT2D eigenvalue weighted by atomic mass is 10.4. The third-order valence-electron chi connectivity index (χ3n) is 1.45. The molecule has 0 aliphatic rings. The van der Waals surface area contributed by atoms with Crippen molar-refractivity contribution in [2.75, 3.05) is 12.8 Å². The van der Waals surface area contributed by atoms with Crippen molar-refractivity contribution in [1.29, 1.82) is 0 Å². The van der Waals surface area contributed by atoms with Crippen LogP contribution < -0.4 is 5.73 Å². The lowest BCUT2D eigenvalue weighted by molar-refractivity contribution is 0.0595. The first-order valence-electron chi connectivity index (χ1n) is 3.56. The fourth-order valence-corrected chi connectivity index (χ4v) is 1.75. The van der Waals surface area contributed by atoms with Gasteiger partial charge in [0.05, 0.1) is 12.8 Å². The molecule has 0 saturated heterocycles. The highest BCUT2D eigenvalue weighted by Crippen LogP contribution is 2.18. The standard InChI is InChI=1S/C7H7ClIN3O2/c1-14-7(13)4-6(10)11-3(2-9)5(8)12-4/h2H2,1H3,(H2,10,11). The number of hydrogen-bond acceptors (Lipinski definition) is 5. The first kappa shape index (κ1) is 11.4. The highest BCUT2D eigenvalue weighted by Gasteiger charge is 2.16. The van der Waals surface area contributed by atoms with Crippen molar-refractivity contribution in [1.82, 2.24) is 9.97 Å². The Labute approximate surface area is 99.1 Å². The summed E-state index contributed by atoms with van der Waals surface area (Å²) in [5.41, 5.74) is 6.01. The van der Waals surface area contributed by atoms with Crippen LogP contribution in [0.4, 0.5) is 5.82 Å². The van der Waals surface area contributed by atoms with Crippen LogP contribution in [-0.2, 0) is 9.16 Å². The molecule has 0 bridgehead atoms. The van der Waals surface area contributed by atoms with Gasteiger partial charge in [-0.1, -0.05) is 34.2 Å². The zero-order valence-electron chi connectivity index (χ0n) is 7.25. The van der Waals surface area contributed by atoms with Gasteiger partial charge in [0.2, 0.25) is 0 Å². The Morgan fingerprint density at radius 1 is 1.64 bits per heavy atom. The van der Waals surface area contributed by atoms with Crippen molar-refractivity contribution in [2.45, 2.75) is 4.43 Å². The smallest absolute Gasteiger partial charge is 0.360 e. The first-order chi connectivity index (χ1) is 6.60. The molecule has 0 fully saturated rings. The summed E-state index contributed by atoms with van der Waals surface area (Å²) in [5, 5.41) is 0.175. The van der Waals surface area contributed by atoms with E-state index in [4.69, 9.17) is 17.3 Å². The molecule has 0 aliphatic heterocycles. The number of ether oxygens (including phenoxy) is 1. The number of nitrogens with two attached hydrogens (primary N) is 1. The number of halogens is 2. The molecule has 5 nitrogen and oxygen atoms in total. The van der Waals surface area contributed by atoms with Crippen molar-refractivity contribution in [3.63, 3.8) is 0 Å². The third kappa shape index (κ3) is 2.24. The van der Waals surface area contributed by atoms with Gasteiger partial charge in [-0.3, -0.25) is 0 Å². The molecule has 0 amide bonds. The molecular weight excluding hydrogens is 320 g/mol. The fourth-order valence-electron chi connectivity index (χ4n) is 0.796. The van der Waals surface area contributed by atoms with Crippen LogP contribution in [-0.4, -0.2) is 23.0 Å². The average molecular weight is 328 g/mol. The number of alkyl halides is 1. The van der Waals surface area contributed by atoms with Crippen molar-refractivity contribution in [3.05, 3.63) is 16.5 Å². The molecule has 1 rings (SSSR count). The second-order valence-electron chi connectivity index (χ2n) is 2.32. The molecule has 1 aromatic rings. The van der Waals surface area contributed by atoms with Gasteiger partial charge >= 0.3 is 5.97 Å². The molecule has 0 saturated carbocycles. The number of nitrogen functional groups attached to an aromatic ring is 1. The van der Waals surface area contributed by atoms with Crippen LogP contribution in [0.15, 0.2) is 0 Å². The molecule has 7 heteroatoms. The van der Waals surface area contributed by atoms with Gasteiger partial charge in [-0.05, 0) is 0 Å². The number of esters is 1. The van der Waals surface area contributed by atoms with Gasteiger partial charge in [0.15, 0.2) is 16.7 Å². The molecule has 1 aromatic heterocycles. The molecule has 0 radical (unpaired) electrons. The maximum Gasteiger partial charge on any atom is 0.360 e. The predicted octanol–water partition coefficient (Wildman–Crippen LogP) is 1.43. The summed E-state index contributed by atoms with van der Waals surface area (Å²) < 4.78 is 5.04. The largest absolute Gasteiger partial charge is 0.464 e. The van der Waals surface area contributed by atoms with Gasteiger partial charge in [-0.2, -0.15) is 0 Å². The number of aromatic nitrogens is 2. The second kappa shape index (κ2) is 4.74. The molecule has 0 aliphatic carbocycles. The minimum atomic E-state index is -0.642. The molecule has 0 aromatic carbocycles. The average Bonchev–Trinajstić information content (AvgIpc) is 2.19. The Morgan fingerprint density at radius 2 is 2.29 bits per heavy atom. The number of anilines is 1. The summed E-state index contributed by atoms with van der Waals surface area (Å²) in [5.74, 6) is -0.607. The maximum atomic E-state index is 11.1. The third-order valence-corrected chi connectivity index (χ3v) is 2.48. The van der Waals surface area contributed by atoms with Crippen molar-refractivity contribution in [3.8, 4) is 0 Å². The van der Waals surface area contributed by atoms with Gasteiger partial charge < -0.3 is 10.5 Å². The molecular formula is C7H7ClIN3O2. The van der Waals surface area contributed by atoms with E-state index in [-0.39, 0.29) is 16.7 Å². The Hall–Kier alpha value is -0.630. The van der Waals surface area contributed by atoms with E-state index in [0.717, 1.165) is 0 Å². The molecule has 1 heterocycles. The number of carbonyl (C=O) groups is 1. The van der Waals surface area contributed by atoms with E-state index < -0.39 is 5.97 Å². The number of nitrogens with zero attached hydrogens (tertiary/aromatic N) is 2. The number of methoxy groups -OCH3 is 1. The van der Waals surface area contributed by atoms with Crippen LogP contribution >= 0.6 is 34.2 Å². The lowest BCUT2D eigenvalue weighted by Gasteiger charge is -2.04. The zero-order chi connectivity index (χ0) is 10.7. The Morgan fingerprint density at radius 3 is 2.79 bits per heavy atom. The van der Waals surface area contributed by atoms with E-state index in [1.807, 2.05) is 0 Å². The van der Waals surface area contributed by atoms with Crippen LogP contribution in [0, 0.1) is 0 Å². The number of hydrogen-bond donors (Lipinski definition) is 1. The predicted molar refractivity (Wildman–Crippen MR) is 60.5 cm³/mol. The highest BCUT2D eigenvalue weighted by atomic mass is 127. The van der Waals surface area contributed by atoms with E-state index in [1.54, 1.807) is 0 Å². The fraction of sp³-hybridized carbons (Fsp3) is 0.286. The second-order valence-corrected chi connectivity index (χ2v) is 3.44. The minimum Gasteiger partial charge on any atom is -0.464 e. The summed E-state index contributed by atoms with van der Waals surface area (Å²) in [6.45, 7) is 0. The van der Waals surface area contributed by atoms with E-state index in [2.05, 4.69) is 37.3 Å². The molecule has 14 heavy (non-hydrogen) atoms. The number of carbonyl (C=O) groups excluding carboxylic acids is 1. The van der Waals surface area contributed by atoms with Crippen LogP contribution in [0.2, 0.25) is 5.15 Å². The molecule has 0 unspecified atom stereocenters. The summed E-state index contributed by atoms with van der Waals surface area (Å²) >= 11 is 7.84. The summed E-state index contributed by atoms with van der Waals surface area (Å²) in [4.78, 5) is 18.9. The Balaban J connectivity index is 3.21. The van der Waals surface area contributed by atoms with Crippen LogP contribution in [0.3, 0.4) is 0 Å². The van der Waals surface area contributed by atoms with Crippen LogP contribution in [0.25, 0.3) is 0 Å². The summed E-state index contributed by atoms with van der Waals surface area (Å²) in [6, 6.07) is 0. The van der Waals surface area contributed by atoms with Gasteiger partial charge in [-0.25, -0.2) is 14.8 Å². The normalized spacial score (nSPS) is 9.93. The molecule has 76 valence electrons. The van der Waals surface area contributed by atoms with Crippen molar-refractivity contribution >= 4 is 46.0 Å². The van der Waals surface area contributed by atoms with Gasteiger partial charge in [0, 0.05) is 4.43 Å². The van der Waals surface area contributed by atoms with E-state index >= 15 is 0 Å². The summed E-state index contributed by atoms with van der Waals surface area (Å²) in [6.07, 6.45) is 0. The lowest BCUT2D eigenvalue weighted by Crippen LogP contribution is -2.11. The van der Waals surface area contributed by atoms with E-state index in [0.29, 0.717) is 10.1 Å². The highest BCUT2D eigenvalue weighted by molar-refractivity contribution is 14.1. The summed E-state index contributed by atoms with van der Waals surface area (Å²) in [7, 11) is 1.24. The molecule has 0 atom stereocenters. The molecule has 2 N–H and O–H groups in total. The van der Waals surface area contributed by atoms with Gasteiger partial charge in [-0.15, -0.1) is 0 Å². The van der Waals surface area contributed by atoms with Gasteiger partial charge in [0.25, 0.3) is 0 Å². The topological polar surface area (TPSA) is 78.1 Å². The van der Waals surface area contributed by atoms with E-state index in [9.17, 15) is 4.79 Å². The Kier molecular flexibility index (Phi) is 3.87. The van der Waals surface area contributed by atoms with Crippen LogP contribution in [0.1, 0.15) is 16.2 Å². The SMILES string of the molecule is COC(=O)c1nc(Cl)c(CI)nc1N.